The molecule has 0 unspecified atom stereocenters. The number of amidine groups is 1. The van der Waals surface area contributed by atoms with Crippen LogP contribution >= 0.6 is 11.8 Å². The molecule has 1 aliphatic carbocycles. The molecule has 7 nitrogen and oxygen atoms in total. The van der Waals surface area contributed by atoms with Crippen LogP contribution in [0.3, 0.4) is 0 Å². The lowest BCUT2D eigenvalue weighted by atomic mass is 9.81. The van der Waals surface area contributed by atoms with Crippen molar-refractivity contribution in [3.8, 4) is 0 Å². The van der Waals surface area contributed by atoms with Gasteiger partial charge in [0, 0.05) is 23.4 Å². The molecule has 3 rings (SSSR count). The van der Waals surface area contributed by atoms with Gasteiger partial charge in [0.25, 0.3) is 5.69 Å². The molecule has 1 aromatic carbocycles. The smallest absolute Gasteiger partial charge is 0.413 e. The topological polar surface area (TPSA) is 93.8 Å². The van der Waals surface area contributed by atoms with E-state index in [4.69, 9.17) is 4.74 Å². The molecule has 1 N–H and O–H groups in total. The number of thioether (sulfide) groups is 1. The molecule has 9 heteroatoms. The summed E-state index contributed by atoms with van der Waals surface area (Å²) in [7, 11) is 0. The molecule has 1 aliphatic heterocycles. The maximum absolute atomic E-state index is 14.7. The Morgan fingerprint density at radius 3 is 2.89 bits per heavy atom. The molecular formula is C18H22FN3O4S. The molecule has 2 atom stereocenters. The normalized spacial score (nSPS) is 24.7. The molecule has 0 radical (unpaired) electrons. The molecule has 0 spiro atoms. The van der Waals surface area contributed by atoms with Gasteiger partial charge in [0.15, 0.2) is 5.17 Å². The second-order valence-electron chi connectivity index (χ2n) is 7.79. The van der Waals surface area contributed by atoms with Crippen LogP contribution in [0.5, 0.6) is 0 Å². The summed E-state index contributed by atoms with van der Waals surface area (Å²) in [5.41, 5.74) is -1.49. The molecule has 0 aromatic heterocycles. The minimum Gasteiger partial charge on any atom is -0.444 e. The van der Waals surface area contributed by atoms with Crippen molar-refractivity contribution in [2.24, 2.45) is 10.9 Å². The van der Waals surface area contributed by atoms with E-state index in [1.165, 1.54) is 17.8 Å². The van der Waals surface area contributed by atoms with Crippen LogP contribution in [0.2, 0.25) is 0 Å². The second kappa shape index (κ2) is 7.10. The fourth-order valence-corrected chi connectivity index (χ4v) is 4.83. The summed E-state index contributed by atoms with van der Waals surface area (Å²) in [6.07, 6.45) is 1.66. The first-order chi connectivity index (χ1) is 12.6. The summed E-state index contributed by atoms with van der Waals surface area (Å²) < 4.78 is 19.9. The summed E-state index contributed by atoms with van der Waals surface area (Å²) in [4.78, 5) is 27.4. The molecule has 146 valence electrons. The Bertz CT molecular complexity index is 808. The summed E-state index contributed by atoms with van der Waals surface area (Å²) in [6.45, 7) is 5.28. The number of fused-ring (bicyclic) bond motifs is 1. The molecule has 0 saturated heterocycles. The Hall–Kier alpha value is -2.16. The molecule has 0 bridgehead atoms. The molecule has 1 heterocycles. The summed E-state index contributed by atoms with van der Waals surface area (Å²) in [5, 5.41) is 14.1. The quantitative estimate of drug-likeness (QED) is 0.593. The zero-order valence-corrected chi connectivity index (χ0v) is 16.3. The predicted octanol–water partition coefficient (Wildman–Crippen LogP) is 4.36. The van der Waals surface area contributed by atoms with Gasteiger partial charge in [0.1, 0.15) is 11.4 Å². The number of non-ortho nitro benzene ring substituents is 1. The first-order valence-electron chi connectivity index (χ1n) is 8.78. The van der Waals surface area contributed by atoms with E-state index in [-0.39, 0.29) is 17.2 Å². The maximum Gasteiger partial charge on any atom is 0.413 e. The number of hydrogen-bond donors (Lipinski definition) is 1. The van der Waals surface area contributed by atoms with Crippen LogP contribution in [0, 0.1) is 21.8 Å². The van der Waals surface area contributed by atoms with Gasteiger partial charge in [0.05, 0.1) is 10.5 Å². The van der Waals surface area contributed by atoms with Gasteiger partial charge in [-0.15, -0.1) is 0 Å². The van der Waals surface area contributed by atoms with Crippen molar-refractivity contribution in [3.63, 3.8) is 0 Å². The number of rotatable bonds is 2. The van der Waals surface area contributed by atoms with Crippen molar-refractivity contribution in [2.45, 2.75) is 51.2 Å². The Kier molecular flexibility index (Phi) is 5.16. The number of nitrogens with zero attached hydrogens (tertiary/aromatic N) is 2. The van der Waals surface area contributed by atoms with Gasteiger partial charge in [-0.25, -0.2) is 9.18 Å². The van der Waals surface area contributed by atoms with Crippen LogP contribution in [-0.4, -0.2) is 27.5 Å². The summed E-state index contributed by atoms with van der Waals surface area (Å²) in [5.74, 6) is 0.194. The number of hydrogen-bond acceptors (Lipinski definition) is 6. The SMILES string of the molecule is CC(C)(C)OC(=O)NC1=N[C@@]2(c3cc([N+](=O)[O-])ccc3F)CCC[C@H]2CS1. The molecule has 1 saturated carbocycles. The first-order valence-corrected chi connectivity index (χ1v) is 9.76. The van der Waals surface area contributed by atoms with E-state index in [1.807, 2.05) is 0 Å². The number of amides is 1. The molecule has 1 fully saturated rings. The number of carbonyl (C=O) groups is 1. The number of nitrogens with one attached hydrogen (secondary N) is 1. The van der Waals surface area contributed by atoms with Crippen molar-refractivity contribution in [2.75, 3.05) is 5.75 Å². The van der Waals surface area contributed by atoms with Gasteiger partial charge in [-0.1, -0.05) is 18.2 Å². The van der Waals surface area contributed by atoms with E-state index in [0.29, 0.717) is 17.3 Å². The van der Waals surface area contributed by atoms with Crippen molar-refractivity contribution in [3.05, 3.63) is 39.7 Å². The number of aliphatic imine (C=N–C) groups is 1. The Morgan fingerprint density at radius 2 is 2.22 bits per heavy atom. The van der Waals surface area contributed by atoms with Crippen LogP contribution in [0.25, 0.3) is 0 Å². The van der Waals surface area contributed by atoms with E-state index in [9.17, 15) is 19.3 Å². The zero-order valence-electron chi connectivity index (χ0n) is 15.5. The van der Waals surface area contributed by atoms with Crippen molar-refractivity contribution < 1.29 is 18.8 Å². The van der Waals surface area contributed by atoms with E-state index in [1.54, 1.807) is 20.8 Å². The Morgan fingerprint density at radius 1 is 1.48 bits per heavy atom. The molecule has 1 aromatic rings. The largest absolute Gasteiger partial charge is 0.444 e. The fraction of sp³-hybridized carbons (Fsp3) is 0.556. The minimum absolute atomic E-state index is 0.0585. The Labute approximate surface area is 160 Å². The van der Waals surface area contributed by atoms with Gasteiger partial charge < -0.3 is 4.74 Å². The van der Waals surface area contributed by atoms with Crippen LogP contribution in [-0.2, 0) is 10.3 Å². The van der Waals surface area contributed by atoms with Crippen LogP contribution < -0.4 is 5.32 Å². The maximum atomic E-state index is 14.7. The van der Waals surface area contributed by atoms with Crippen LogP contribution in [0.4, 0.5) is 14.9 Å². The molecule has 1 amide bonds. The third-order valence-electron chi connectivity index (χ3n) is 4.74. The summed E-state index contributed by atoms with van der Waals surface area (Å²) in [6, 6.07) is 3.55. The van der Waals surface area contributed by atoms with Crippen LogP contribution in [0.1, 0.15) is 45.6 Å². The van der Waals surface area contributed by atoms with E-state index in [0.717, 1.165) is 25.0 Å². The lowest BCUT2D eigenvalue weighted by Gasteiger charge is -2.36. The van der Waals surface area contributed by atoms with E-state index < -0.39 is 28.0 Å². The van der Waals surface area contributed by atoms with Gasteiger partial charge in [-0.05, 0) is 45.6 Å². The highest BCUT2D eigenvalue weighted by Gasteiger charge is 2.49. The molecule has 27 heavy (non-hydrogen) atoms. The highest BCUT2D eigenvalue weighted by Crippen LogP contribution is 2.52. The lowest BCUT2D eigenvalue weighted by molar-refractivity contribution is -0.385. The number of nitro groups is 1. The number of nitro benzene ring substituents is 1. The molecule has 2 aliphatic rings. The number of carbonyl (C=O) groups excluding carboxylic acids is 1. The Balaban J connectivity index is 1.97. The fourth-order valence-electron chi connectivity index (χ4n) is 3.65. The van der Waals surface area contributed by atoms with E-state index >= 15 is 0 Å². The predicted molar refractivity (Wildman–Crippen MR) is 101 cm³/mol. The average Bonchev–Trinajstić information content (AvgIpc) is 2.97. The number of halogens is 1. The standard InChI is InChI=1S/C18H22FN3O4S/c1-17(2,3)26-16(23)20-15-21-18(8-4-5-11(18)10-27-15)13-9-12(22(24)25)6-7-14(13)19/h6-7,9,11H,4-5,8,10H2,1-3H3,(H,20,21,23)/t11-,18-/m0/s1. The van der Waals surface area contributed by atoms with Crippen LogP contribution in [0.15, 0.2) is 23.2 Å². The first kappa shape index (κ1) is 19.6. The minimum atomic E-state index is -0.897. The molecular weight excluding hydrogens is 373 g/mol. The van der Waals surface area contributed by atoms with Gasteiger partial charge in [-0.3, -0.25) is 20.4 Å². The number of ether oxygens (including phenoxy) is 1. The zero-order chi connectivity index (χ0) is 19.8. The third-order valence-corrected chi connectivity index (χ3v) is 5.78. The lowest BCUT2D eigenvalue weighted by Crippen LogP contribution is -2.42. The summed E-state index contributed by atoms with van der Waals surface area (Å²) >= 11 is 1.39. The number of alkyl carbamates (subject to hydrolysis) is 1. The van der Waals surface area contributed by atoms with Crippen molar-refractivity contribution >= 4 is 28.7 Å². The van der Waals surface area contributed by atoms with Gasteiger partial charge >= 0.3 is 6.09 Å². The van der Waals surface area contributed by atoms with E-state index in [2.05, 4.69) is 10.3 Å². The van der Waals surface area contributed by atoms with Crippen molar-refractivity contribution in [1.82, 2.24) is 5.32 Å². The van der Waals surface area contributed by atoms with Gasteiger partial charge in [-0.2, -0.15) is 0 Å². The highest BCUT2D eigenvalue weighted by atomic mass is 32.2. The van der Waals surface area contributed by atoms with Gasteiger partial charge in [0.2, 0.25) is 0 Å². The monoisotopic (exact) mass is 395 g/mol. The highest BCUT2D eigenvalue weighted by molar-refractivity contribution is 8.13. The number of benzene rings is 1. The third kappa shape index (κ3) is 4.07. The van der Waals surface area contributed by atoms with Crippen molar-refractivity contribution in [1.29, 1.82) is 0 Å². The average molecular weight is 395 g/mol. The second-order valence-corrected chi connectivity index (χ2v) is 8.80.